The molecule has 0 aliphatic heterocycles. The molecule has 1 fully saturated rings. The van der Waals surface area contributed by atoms with E-state index in [-0.39, 0.29) is 5.41 Å². The van der Waals surface area contributed by atoms with E-state index in [1.54, 1.807) is 0 Å². The third-order valence-electron chi connectivity index (χ3n) is 3.87. The average Bonchev–Trinajstić information content (AvgIpc) is 3.14. The van der Waals surface area contributed by atoms with Gasteiger partial charge < -0.3 is 10.2 Å². The maximum absolute atomic E-state index is 5.99. The van der Waals surface area contributed by atoms with Crippen molar-refractivity contribution in [3.63, 3.8) is 0 Å². The molecule has 0 bridgehead atoms. The third kappa shape index (κ3) is 4.76. The fourth-order valence-corrected chi connectivity index (χ4v) is 3.08. The zero-order valence-electron chi connectivity index (χ0n) is 13.1. The van der Waals surface area contributed by atoms with Crippen LogP contribution in [0.1, 0.15) is 38.3 Å². The summed E-state index contributed by atoms with van der Waals surface area (Å²) in [6, 6.07) is 8.81. The van der Waals surface area contributed by atoms with E-state index in [0.29, 0.717) is 6.04 Å². The predicted molar refractivity (Wildman–Crippen MR) is 87.3 cm³/mol. The minimum atomic E-state index is 0.281. The summed E-state index contributed by atoms with van der Waals surface area (Å²) < 4.78 is 0. The van der Waals surface area contributed by atoms with E-state index >= 15 is 0 Å². The first-order valence-electron chi connectivity index (χ1n) is 7.51. The van der Waals surface area contributed by atoms with Gasteiger partial charge in [0.05, 0.1) is 0 Å². The van der Waals surface area contributed by atoms with Crippen molar-refractivity contribution in [2.45, 2.75) is 32.7 Å². The highest BCUT2D eigenvalue weighted by molar-refractivity contribution is 6.30. The highest BCUT2D eigenvalue weighted by Gasteiger charge is 2.33. The monoisotopic (exact) mass is 294 g/mol. The van der Waals surface area contributed by atoms with Crippen LogP contribution in [0.4, 0.5) is 0 Å². The van der Waals surface area contributed by atoms with Crippen molar-refractivity contribution in [2.75, 3.05) is 27.2 Å². The van der Waals surface area contributed by atoms with Gasteiger partial charge in [0.15, 0.2) is 0 Å². The van der Waals surface area contributed by atoms with Crippen molar-refractivity contribution in [3.8, 4) is 0 Å². The fraction of sp³-hybridized carbons (Fsp3) is 0.647. The van der Waals surface area contributed by atoms with Gasteiger partial charge in [-0.05, 0) is 56.0 Å². The molecule has 0 aromatic heterocycles. The molecule has 1 N–H and O–H groups in total. The van der Waals surface area contributed by atoms with E-state index in [2.05, 4.69) is 50.3 Å². The highest BCUT2D eigenvalue weighted by atomic mass is 35.5. The van der Waals surface area contributed by atoms with Gasteiger partial charge in [-0.15, -0.1) is 0 Å². The molecule has 112 valence electrons. The minimum Gasteiger partial charge on any atom is -0.309 e. The molecule has 2 rings (SSSR count). The summed E-state index contributed by atoms with van der Waals surface area (Å²) >= 11 is 5.99. The first kappa shape index (κ1) is 15.8. The molecule has 1 aliphatic carbocycles. The Bertz CT molecular complexity index is 421. The van der Waals surface area contributed by atoms with Crippen molar-refractivity contribution in [3.05, 3.63) is 34.9 Å². The van der Waals surface area contributed by atoms with Crippen LogP contribution in [-0.2, 0) is 0 Å². The molecule has 2 nitrogen and oxygen atoms in total. The van der Waals surface area contributed by atoms with Crippen molar-refractivity contribution in [1.82, 2.24) is 10.2 Å². The van der Waals surface area contributed by atoms with Crippen LogP contribution < -0.4 is 5.32 Å². The minimum absolute atomic E-state index is 0.281. The summed E-state index contributed by atoms with van der Waals surface area (Å²) in [6.07, 6.45) is 2.68. The first-order chi connectivity index (χ1) is 9.37. The molecule has 1 aromatic carbocycles. The van der Waals surface area contributed by atoms with Gasteiger partial charge >= 0.3 is 0 Å². The third-order valence-corrected chi connectivity index (χ3v) is 4.12. The van der Waals surface area contributed by atoms with Crippen LogP contribution in [0.2, 0.25) is 5.02 Å². The van der Waals surface area contributed by atoms with Crippen molar-refractivity contribution >= 4 is 11.6 Å². The molecular formula is C17H27ClN2. The van der Waals surface area contributed by atoms with Crippen molar-refractivity contribution < 1.29 is 0 Å². The zero-order valence-corrected chi connectivity index (χ0v) is 13.9. The summed E-state index contributed by atoms with van der Waals surface area (Å²) in [6.45, 7) is 6.78. The van der Waals surface area contributed by atoms with Gasteiger partial charge in [-0.1, -0.05) is 37.6 Å². The van der Waals surface area contributed by atoms with Gasteiger partial charge in [0.1, 0.15) is 0 Å². The van der Waals surface area contributed by atoms with Gasteiger partial charge in [-0.3, -0.25) is 0 Å². The molecule has 20 heavy (non-hydrogen) atoms. The Balaban J connectivity index is 1.98. The second kappa shape index (κ2) is 6.46. The molecule has 1 saturated carbocycles. The van der Waals surface area contributed by atoms with E-state index in [1.807, 2.05) is 12.1 Å². The molecule has 0 radical (unpaired) electrons. The second-order valence-corrected chi connectivity index (χ2v) is 7.59. The lowest BCUT2D eigenvalue weighted by Crippen LogP contribution is -2.39. The van der Waals surface area contributed by atoms with Gasteiger partial charge in [0.25, 0.3) is 0 Å². The average molecular weight is 295 g/mol. The Morgan fingerprint density at radius 1 is 1.25 bits per heavy atom. The predicted octanol–water partition coefficient (Wildman–Crippen LogP) is 3.97. The van der Waals surface area contributed by atoms with Gasteiger partial charge in [-0.25, -0.2) is 0 Å². The van der Waals surface area contributed by atoms with E-state index in [1.165, 1.54) is 18.4 Å². The SMILES string of the molecule is CN(C)CC(C)(C)CNC(c1ccc(Cl)cc1)C1CC1. The quantitative estimate of drug-likeness (QED) is 0.818. The van der Waals surface area contributed by atoms with Crippen molar-refractivity contribution in [1.29, 1.82) is 0 Å². The van der Waals surface area contributed by atoms with E-state index < -0.39 is 0 Å². The summed E-state index contributed by atoms with van der Waals surface area (Å²) in [5.41, 5.74) is 1.65. The van der Waals surface area contributed by atoms with Crippen LogP contribution in [0.3, 0.4) is 0 Å². The van der Waals surface area contributed by atoms with Crippen LogP contribution in [-0.4, -0.2) is 32.1 Å². The first-order valence-corrected chi connectivity index (χ1v) is 7.89. The maximum Gasteiger partial charge on any atom is 0.0406 e. The Kier molecular flexibility index (Phi) is 5.11. The largest absolute Gasteiger partial charge is 0.309 e. The normalized spacial score (nSPS) is 17.5. The molecule has 0 spiro atoms. The fourth-order valence-electron chi connectivity index (χ4n) is 2.95. The lowest BCUT2D eigenvalue weighted by Gasteiger charge is -2.31. The van der Waals surface area contributed by atoms with E-state index in [9.17, 15) is 0 Å². The van der Waals surface area contributed by atoms with E-state index in [0.717, 1.165) is 24.0 Å². The van der Waals surface area contributed by atoms with Crippen molar-refractivity contribution in [2.24, 2.45) is 11.3 Å². The number of rotatable bonds is 7. The molecular weight excluding hydrogens is 268 g/mol. The van der Waals surface area contributed by atoms with Crippen LogP contribution in [0.25, 0.3) is 0 Å². The smallest absolute Gasteiger partial charge is 0.0406 e. The topological polar surface area (TPSA) is 15.3 Å². The molecule has 0 amide bonds. The van der Waals surface area contributed by atoms with Gasteiger partial charge in [-0.2, -0.15) is 0 Å². The Morgan fingerprint density at radius 3 is 2.35 bits per heavy atom. The summed E-state index contributed by atoms with van der Waals surface area (Å²) in [4.78, 5) is 2.26. The number of halogens is 1. The van der Waals surface area contributed by atoms with Crippen LogP contribution in [0.15, 0.2) is 24.3 Å². The number of benzene rings is 1. The van der Waals surface area contributed by atoms with Crippen LogP contribution in [0, 0.1) is 11.3 Å². The van der Waals surface area contributed by atoms with Crippen LogP contribution in [0.5, 0.6) is 0 Å². The molecule has 0 heterocycles. The standard InChI is InChI=1S/C17H27ClN2/c1-17(2,12-20(3)4)11-19-16(13-5-6-13)14-7-9-15(18)10-8-14/h7-10,13,16,19H,5-6,11-12H2,1-4H3. The number of hydrogen-bond donors (Lipinski definition) is 1. The lowest BCUT2D eigenvalue weighted by atomic mass is 9.91. The summed E-state index contributed by atoms with van der Waals surface area (Å²) in [7, 11) is 4.28. The molecule has 1 aliphatic rings. The van der Waals surface area contributed by atoms with Crippen LogP contribution >= 0.6 is 11.6 Å². The number of nitrogens with one attached hydrogen (secondary N) is 1. The Labute approximate surface area is 128 Å². The molecule has 0 saturated heterocycles. The second-order valence-electron chi connectivity index (χ2n) is 7.15. The van der Waals surface area contributed by atoms with E-state index in [4.69, 9.17) is 11.6 Å². The Morgan fingerprint density at radius 2 is 1.85 bits per heavy atom. The highest BCUT2D eigenvalue weighted by Crippen LogP contribution is 2.41. The number of nitrogens with zero attached hydrogens (tertiary/aromatic N) is 1. The lowest BCUT2D eigenvalue weighted by molar-refractivity contribution is 0.222. The summed E-state index contributed by atoms with van der Waals surface area (Å²) in [5, 5.41) is 4.61. The molecule has 1 unspecified atom stereocenters. The molecule has 1 aromatic rings. The van der Waals surface area contributed by atoms with Gasteiger partial charge in [0, 0.05) is 24.2 Å². The summed E-state index contributed by atoms with van der Waals surface area (Å²) in [5.74, 6) is 0.798. The van der Waals surface area contributed by atoms with Gasteiger partial charge in [0.2, 0.25) is 0 Å². The molecule has 3 heteroatoms. The maximum atomic E-state index is 5.99. The Hall–Kier alpha value is -0.570. The number of hydrogen-bond acceptors (Lipinski definition) is 2. The zero-order chi connectivity index (χ0) is 14.8. The molecule has 1 atom stereocenters.